The maximum Gasteiger partial charge on any atom is 0.335 e. The highest BCUT2D eigenvalue weighted by Crippen LogP contribution is 2.23. The number of aromatic nitrogens is 1. The van der Waals surface area contributed by atoms with E-state index in [1.807, 2.05) is 6.92 Å². The summed E-state index contributed by atoms with van der Waals surface area (Å²) in [6.07, 6.45) is 1.69. The molecule has 0 aliphatic carbocycles. The summed E-state index contributed by atoms with van der Waals surface area (Å²) in [6.45, 7) is 1.90. The van der Waals surface area contributed by atoms with Crippen LogP contribution >= 0.6 is 11.5 Å². The fourth-order valence-electron chi connectivity index (χ4n) is 1.28. The standard InChI is InChI=1S/C9H7NO2S/c1-5-2-6(9(11)12)3-7-4-10-13-8(5)7/h2-4H,1H3,(H,11,12). The average Bonchev–Trinajstić information content (AvgIpc) is 2.51. The van der Waals surface area contributed by atoms with Crippen molar-refractivity contribution in [2.75, 3.05) is 0 Å². The smallest absolute Gasteiger partial charge is 0.335 e. The van der Waals surface area contributed by atoms with Crippen molar-refractivity contribution in [3.63, 3.8) is 0 Å². The molecule has 0 amide bonds. The lowest BCUT2D eigenvalue weighted by atomic mass is 10.1. The number of carboxylic acids is 1. The van der Waals surface area contributed by atoms with Gasteiger partial charge in [0, 0.05) is 11.6 Å². The molecule has 0 radical (unpaired) electrons. The summed E-state index contributed by atoms with van der Waals surface area (Å²) in [7, 11) is 0. The van der Waals surface area contributed by atoms with Crippen molar-refractivity contribution in [2.24, 2.45) is 0 Å². The van der Waals surface area contributed by atoms with E-state index in [0.717, 1.165) is 15.6 Å². The molecule has 1 aromatic carbocycles. The van der Waals surface area contributed by atoms with E-state index in [1.165, 1.54) is 11.5 Å². The highest BCUT2D eigenvalue weighted by molar-refractivity contribution is 7.13. The minimum atomic E-state index is -0.892. The zero-order valence-electron chi connectivity index (χ0n) is 6.94. The normalized spacial score (nSPS) is 10.5. The minimum Gasteiger partial charge on any atom is -0.478 e. The van der Waals surface area contributed by atoms with Gasteiger partial charge in [-0.05, 0) is 36.2 Å². The summed E-state index contributed by atoms with van der Waals surface area (Å²) in [5.74, 6) is -0.892. The van der Waals surface area contributed by atoms with E-state index in [-0.39, 0.29) is 0 Å². The van der Waals surface area contributed by atoms with Crippen LogP contribution in [-0.4, -0.2) is 15.4 Å². The van der Waals surface area contributed by atoms with Gasteiger partial charge in [-0.2, -0.15) is 4.37 Å². The van der Waals surface area contributed by atoms with E-state index in [1.54, 1.807) is 18.3 Å². The van der Waals surface area contributed by atoms with Crippen molar-refractivity contribution in [1.29, 1.82) is 0 Å². The number of carbonyl (C=O) groups is 1. The average molecular weight is 193 g/mol. The number of rotatable bonds is 1. The fourth-order valence-corrected chi connectivity index (χ4v) is 1.97. The SMILES string of the molecule is Cc1cc(C(=O)O)cc2cnsc12. The molecular formula is C9H7NO2S. The van der Waals surface area contributed by atoms with E-state index >= 15 is 0 Å². The van der Waals surface area contributed by atoms with Gasteiger partial charge in [-0.1, -0.05) is 0 Å². The lowest BCUT2D eigenvalue weighted by Gasteiger charge is -1.97. The largest absolute Gasteiger partial charge is 0.478 e. The van der Waals surface area contributed by atoms with E-state index in [2.05, 4.69) is 4.37 Å². The highest BCUT2D eigenvalue weighted by Gasteiger charge is 2.07. The summed E-state index contributed by atoms with van der Waals surface area (Å²) in [4.78, 5) is 10.7. The predicted molar refractivity (Wildman–Crippen MR) is 51.3 cm³/mol. The molecule has 1 aromatic heterocycles. The van der Waals surface area contributed by atoms with Crippen molar-refractivity contribution in [1.82, 2.24) is 4.37 Å². The molecule has 3 nitrogen and oxygen atoms in total. The molecule has 1 heterocycles. The molecule has 0 atom stereocenters. The molecule has 0 saturated heterocycles. The minimum absolute atomic E-state index is 0.324. The van der Waals surface area contributed by atoms with Gasteiger partial charge in [0.1, 0.15) is 0 Å². The Balaban J connectivity index is 2.77. The van der Waals surface area contributed by atoms with Gasteiger partial charge >= 0.3 is 5.97 Å². The topological polar surface area (TPSA) is 50.2 Å². The molecule has 2 aromatic rings. The van der Waals surface area contributed by atoms with Crippen molar-refractivity contribution in [2.45, 2.75) is 6.92 Å². The quantitative estimate of drug-likeness (QED) is 0.756. The first kappa shape index (κ1) is 8.19. The van der Waals surface area contributed by atoms with Crippen LogP contribution in [0.3, 0.4) is 0 Å². The number of hydrogen-bond acceptors (Lipinski definition) is 3. The Kier molecular flexibility index (Phi) is 1.77. The van der Waals surface area contributed by atoms with Gasteiger partial charge in [-0.15, -0.1) is 0 Å². The van der Waals surface area contributed by atoms with Gasteiger partial charge in [-0.25, -0.2) is 4.79 Å². The highest BCUT2D eigenvalue weighted by atomic mass is 32.1. The molecule has 0 aliphatic heterocycles. The summed E-state index contributed by atoms with van der Waals surface area (Å²) in [5.41, 5.74) is 1.29. The molecule has 66 valence electrons. The van der Waals surface area contributed by atoms with Crippen LogP contribution in [0.5, 0.6) is 0 Å². The Hall–Kier alpha value is -1.42. The Labute approximate surface area is 78.8 Å². The van der Waals surface area contributed by atoms with Crippen LogP contribution < -0.4 is 0 Å². The summed E-state index contributed by atoms with van der Waals surface area (Å²) >= 11 is 1.39. The van der Waals surface area contributed by atoms with E-state index in [9.17, 15) is 4.79 Å². The fraction of sp³-hybridized carbons (Fsp3) is 0.111. The molecule has 0 spiro atoms. The number of aromatic carboxylic acids is 1. The van der Waals surface area contributed by atoms with Gasteiger partial charge in [0.05, 0.1) is 10.3 Å². The third-order valence-electron chi connectivity index (χ3n) is 1.89. The molecule has 1 N–H and O–H groups in total. The predicted octanol–water partition coefficient (Wildman–Crippen LogP) is 2.30. The summed E-state index contributed by atoms with van der Waals surface area (Å²) in [5, 5.41) is 9.69. The lowest BCUT2D eigenvalue weighted by Crippen LogP contribution is -1.95. The summed E-state index contributed by atoms with van der Waals surface area (Å²) in [6, 6.07) is 3.32. The number of nitrogens with zero attached hydrogens (tertiary/aromatic N) is 1. The van der Waals surface area contributed by atoms with E-state index in [0.29, 0.717) is 5.56 Å². The summed E-state index contributed by atoms with van der Waals surface area (Å²) < 4.78 is 5.07. The molecular weight excluding hydrogens is 186 g/mol. The molecule has 0 fully saturated rings. The molecule has 4 heteroatoms. The second-order valence-electron chi connectivity index (χ2n) is 2.84. The maximum absolute atomic E-state index is 10.7. The van der Waals surface area contributed by atoms with Crippen molar-refractivity contribution in [3.05, 3.63) is 29.5 Å². The van der Waals surface area contributed by atoms with Crippen LogP contribution in [0.15, 0.2) is 18.3 Å². The third kappa shape index (κ3) is 1.29. The molecule has 0 aliphatic rings. The van der Waals surface area contributed by atoms with Gasteiger partial charge < -0.3 is 5.11 Å². The van der Waals surface area contributed by atoms with Gasteiger partial charge in [0.25, 0.3) is 0 Å². The van der Waals surface area contributed by atoms with Gasteiger partial charge in [0.15, 0.2) is 0 Å². The Morgan fingerprint density at radius 1 is 1.54 bits per heavy atom. The number of fused-ring (bicyclic) bond motifs is 1. The maximum atomic E-state index is 10.7. The number of aryl methyl sites for hydroxylation is 1. The van der Waals surface area contributed by atoms with Crippen LogP contribution in [-0.2, 0) is 0 Å². The van der Waals surface area contributed by atoms with Gasteiger partial charge in [-0.3, -0.25) is 0 Å². The van der Waals surface area contributed by atoms with Crippen LogP contribution in [0.25, 0.3) is 10.1 Å². The Morgan fingerprint density at radius 3 is 3.00 bits per heavy atom. The number of benzene rings is 1. The lowest BCUT2D eigenvalue weighted by molar-refractivity contribution is 0.0697. The Bertz CT molecular complexity index is 475. The van der Waals surface area contributed by atoms with Crippen molar-refractivity contribution >= 4 is 27.6 Å². The first-order valence-electron chi connectivity index (χ1n) is 3.77. The van der Waals surface area contributed by atoms with Crippen molar-refractivity contribution in [3.8, 4) is 0 Å². The number of carboxylic acid groups (broad SMARTS) is 1. The molecule has 0 bridgehead atoms. The van der Waals surface area contributed by atoms with Crippen LogP contribution in [0, 0.1) is 6.92 Å². The van der Waals surface area contributed by atoms with Crippen LogP contribution in [0.1, 0.15) is 15.9 Å². The third-order valence-corrected chi connectivity index (χ3v) is 2.84. The first-order valence-corrected chi connectivity index (χ1v) is 4.54. The van der Waals surface area contributed by atoms with Crippen LogP contribution in [0.4, 0.5) is 0 Å². The second-order valence-corrected chi connectivity index (χ2v) is 3.64. The monoisotopic (exact) mass is 193 g/mol. The van der Waals surface area contributed by atoms with Gasteiger partial charge in [0.2, 0.25) is 0 Å². The second kappa shape index (κ2) is 2.81. The molecule has 0 unspecified atom stereocenters. The zero-order chi connectivity index (χ0) is 9.42. The molecule has 0 saturated carbocycles. The first-order chi connectivity index (χ1) is 6.18. The molecule has 2 rings (SSSR count). The van der Waals surface area contributed by atoms with E-state index in [4.69, 9.17) is 5.11 Å². The van der Waals surface area contributed by atoms with Crippen LogP contribution in [0.2, 0.25) is 0 Å². The van der Waals surface area contributed by atoms with E-state index < -0.39 is 5.97 Å². The Morgan fingerprint density at radius 2 is 2.31 bits per heavy atom. The van der Waals surface area contributed by atoms with Crippen molar-refractivity contribution < 1.29 is 9.90 Å². The number of hydrogen-bond donors (Lipinski definition) is 1. The molecule has 13 heavy (non-hydrogen) atoms. The zero-order valence-corrected chi connectivity index (χ0v) is 7.76.